The topological polar surface area (TPSA) is 88.4 Å². The third-order valence-corrected chi connectivity index (χ3v) is 6.02. The van der Waals surface area contributed by atoms with Gasteiger partial charge in [-0.2, -0.15) is 0 Å². The average Bonchev–Trinajstić information content (AvgIpc) is 3.26. The average molecular weight is 466 g/mol. The van der Waals surface area contributed by atoms with E-state index in [4.69, 9.17) is 9.47 Å². The van der Waals surface area contributed by atoms with Gasteiger partial charge in [0, 0.05) is 45.0 Å². The van der Waals surface area contributed by atoms with Gasteiger partial charge in [0.2, 0.25) is 0 Å². The van der Waals surface area contributed by atoms with Crippen molar-refractivity contribution in [2.75, 3.05) is 58.5 Å². The maximum Gasteiger partial charge on any atom is 0.259 e. The van der Waals surface area contributed by atoms with Crippen LogP contribution in [0.5, 0.6) is 5.75 Å². The number of benzene rings is 1. The Balaban J connectivity index is 1.56. The van der Waals surface area contributed by atoms with Gasteiger partial charge in [0.05, 0.1) is 31.6 Å². The number of methoxy groups -OCH3 is 1. The fourth-order valence-electron chi connectivity index (χ4n) is 4.11. The standard InChI is InChI=1S/C25H31N5O4/c1-4-21-24(28(2)25(32)18-6-5-7-20(16-18)33-3)30-17-19(8-9-22(30)27-21)23(31)26-10-11-29-12-14-34-15-13-29/h5-9,16-17H,4,10-15H2,1-3H3,(H,26,31). The zero-order chi connectivity index (χ0) is 24.1. The number of nitrogens with zero attached hydrogens (tertiary/aromatic N) is 4. The van der Waals surface area contributed by atoms with E-state index in [9.17, 15) is 9.59 Å². The predicted octanol–water partition coefficient (Wildman–Crippen LogP) is 2.24. The molecule has 1 saturated heterocycles. The van der Waals surface area contributed by atoms with Crippen LogP contribution < -0.4 is 15.0 Å². The molecule has 2 aromatic heterocycles. The van der Waals surface area contributed by atoms with Crippen molar-refractivity contribution >= 4 is 23.3 Å². The van der Waals surface area contributed by atoms with E-state index in [2.05, 4.69) is 15.2 Å². The molecule has 1 aromatic carbocycles. The van der Waals surface area contributed by atoms with Gasteiger partial charge in [0.25, 0.3) is 11.8 Å². The first-order valence-electron chi connectivity index (χ1n) is 11.5. The molecule has 1 N–H and O–H groups in total. The zero-order valence-corrected chi connectivity index (χ0v) is 19.9. The number of nitrogens with one attached hydrogen (secondary N) is 1. The minimum atomic E-state index is -0.184. The number of hydrogen-bond donors (Lipinski definition) is 1. The van der Waals surface area contributed by atoms with Crippen molar-refractivity contribution in [1.29, 1.82) is 0 Å². The van der Waals surface area contributed by atoms with Gasteiger partial charge in [-0.1, -0.05) is 13.0 Å². The Bertz CT molecular complexity index is 1170. The minimum absolute atomic E-state index is 0.158. The molecule has 1 aliphatic heterocycles. The number of rotatable bonds is 8. The molecule has 2 amide bonds. The second-order valence-electron chi connectivity index (χ2n) is 8.19. The van der Waals surface area contributed by atoms with Crippen molar-refractivity contribution < 1.29 is 19.1 Å². The van der Waals surface area contributed by atoms with Crippen LogP contribution in [0.25, 0.3) is 5.65 Å². The summed E-state index contributed by atoms with van der Waals surface area (Å²) in [5.74, 6) is 0.919. The normalized spacial score (nSPS) is 14.2. The summed E-state index contributed by atoms with van der Waals surface area (Å²) in [4.78, 5) is 34.6. The highest BCUT2D eigenvalue weighted by molar-refractivity contribution is 6.06. The molecular formula is C25H31N5O4. The van der Waals surface area contributed by atoms with Gasteiger partial charge in [-0.05, 0) is 36.8 Å². The molecule has 4 rings (SSSR count). The van der Waals surface area contributed by atoms with E-state index in [-0.39, 0.29) is 11.8 Å². The highest BCUT2D eigenvalue weighted by Gasteiger charge is 2.22. The Labute approximate surface area is 199 Å². The summed E-state index contributed by atoms with van der Waals surface area (Å²) in [5.41, 5.74) is 2.49. The molecule has 0 atom stereocenters. The molecule has 0 spiro atoms. The maximum atomic E-state index is 13.3. The number of aromatic nitrogens is 2. The number of ether oxygens (including phenoxy) is 2. The third kappa shape index (κ3) is 5.05. The lowest BCUT2D eigenvalue weighted by atomic mass is 10.2. The van der Waals surface area contributed by atoms with Gasteiger partial charge in [-0.3, -0.25) is 23.8 Å². The van der Waals surface area contributed by atoms with Crippen LogP contribution in [0.3, 0.4) is 0 Å². The molecule has 1 fully saturated rings. The molecule has 1 aliphatic rings. The lowest BCUT2D eigenvalue weighted by Crippen LogP contribution is -2.41. The number of aryl methyl sites for hydroxylation is 1. The molecule has 3 heterocycles. The monoisotopic (exact) mass is 465 g/mol. The third-order valence-electron chi connectivity index (χ3n) is 6.02. The molecule has 3 aromatic rings. The van der Waals surface area contributed by atoms with Crippen LogP contribution >= 0.6 is 0 Å². The lowest BCUT2D eigenvalue weighted by Gasteiger charge is -2.26. The number of imidazole rings is 1. The first-order chi connectivity index (χ1) is 16.5. The number of amides is 2. The van der Waals surface area contributed by atoms with Gasteiger partial charge < -0.3 is 14.8 Å². The number of carbonyl (C=O) groups is 2. The van der Waals surface area contributed by atoms with Crippen molar-refractivity contribution in [2.45, 2.75) is 13.3 Å². The van der Waals surface area contributed by atoms with Crippen molar-refractivity contribution in [3.05, 3.63) is 59.4 Å². The molecule has 34 heavy (non-hydrogen) atoms. The van der Waals surface area contributed by atoms with Gasteiger partial charge in [0.15, 0.2) is 0 Å². The molecule has 0 bridgehead atoms. The number of morpholine rings is 1. The van der Waals surface area contributed by atoms with Gasteiger partial charge in [0.1, 0.15) is 17.2 Å². The Morgan fingerprint density at radius 1 is 1.18 bits per heavy atom. The molecule has 180 valence electrons. The zero-order valence-electron chi connectivity index (χ0n) is 19.9. The summed E-state index contributed by atoms with van der Waals surface area (Å²) in [5, 5.41) is 2.99. The van der Waals surface area contributed by atoms with E-state index in [0.29, 0.717) is 41.3 Å². The summed E-state index contributed by atoms with van der Waals surface area (Å²) in [6, 6.07) is 10.6. The van der Waals surface area contributed by atoms with E-state index in [1.165, 1.54) is 0 Å². The SMILES string of the molecule is CCc1nc2ccc(C(=O)NCCN3CCOCC3)cn2c1N(C)C(=O)c1cccc(OC)c1. The highest BCUT2D eigenvalue weighted by Crippen LogP contribution is 2.25. The minimum Gasteiger partial charge on any atom is -0.497 e. The molecule has 0 saturated carbocycles. The number of hydrogen-bond acceptors (Lipinski definition) is 6. The van der Waals surface area contributed by atoms with Crippen LogP contribution in [0, 0.1) is 0 Å². The van der Waals surface area contributed by atoms with Gasteiger partial charge in [-0.15, -0.1) is 0 Å². The van der Waals surface area contributed by atoms with E-state index >= 15 is 0 Å². The number of anilines is 1. The lowest BCUT2D eigenvalue weighted by molar-refractivity contribution is 0.0383. The summed E-state index contributed by atoms with van der Waals surface area (Å²) >= 11 is 0. The largest absolute Gasteiger partial charge is 0.497 e. The van der Waals surface area contributed by atoms with E-state index in [1.54, 1.807) is 55.6 Å². The van der Waals surface area contributed by atoms with Gasteiger partial charge >= 0.3 is 0 Å². The van der Waals surface area contributed by atoms with Crippen LogP contribution in [-0.4, -0.2) is 79.6 Å². The first-order valence-corrected chi connectivity index (χ1v) is 11.5. The fraction of sp³-hybridized carbons (Fsp3) is 0.400. The van der Waals surface area contributed by atoms with E-state index in [1.807, 2.05) is 17.4 Å². The molecule has 9 heteroatoms. The summed E-state index contributed by atoms with van der Waals surface area (Å²) < 4.78 is 12.4. The van der Waals surface area contributed by atoms with Crippen molar-refractivity contribution in [3.8, 4) is 5.75 Å². The first kappa shape index (κ1) is 23.7. The maximum absolute atomic E-state index is 13.3. The Morgan fingerprint density at radius 2 is 1.97 bits per heavy atom. The Morgan fingerprint density at radius 3 is 2.71 bits per heavy atom. The number of pyridine rings is 1. The van der Waals surface area contributed by atoms with Crippen LogP contribution in [0.1, 0.15) is 33.3 Å². The van der Waals surface area contributed by atoms with Crippen LogP contribution in [0.15, 0.2) is 42.6 Å². The molecule has 0 unspecified atom stereocenters. The van der Waals surface area contributed by atoms with Crippen molar-refractivity contribution in [3.63, 3.8) is 0 Å². The highest BCUT2D eigenvalue weighted by atomic mass is 16.5. The van der Waals surface area contributed by atoms with Crippen LogP contribution in [-0.2, 0) is 11.2 Å². The Hall–Kier alpha value is -3.43. The van der Waals surface area contributed by atoms with Crippen molar-refractivity contribution in [1.82, 2.24) is 19.6 Å². The summed E-state index contributed by atoms with van der Waals surface area (Å²) in [6.45, 7) is 6.56. The molecule has 0 radical (unpaired) electrons. The summed E-state index contributed by atoms with van der Waals surface area (Å²) in [6.07, 6.45) is 2.39. The molecule has 9 nitrogen and oxygen atoms in total. The number of carbonyl (C=O) groups excluding carboxylic acids is 2. The van der Waals surface area contributed by atoms with E-state index in [0.717, 1.165) is 38.5 Å². The van der Waals surface area contributed by atoms with Crippen LogP contribution in [0.4, 0.5) is 5.82 Å². The van der Waals surface area contributed by atoms with Crippen molar-refractivity contribution in [2.24, 2.45) is 0 Å². The smallest absolute Gasteiger partial charge is 0.259 e. The second kappa shape index (κ2) is 10.7. The Kier molecular flexibility index (Phi) is 7.44. The molecule has 0 aliphatic carbocycles. The van der Waals surface area contributed by atoms with E-state index < -0.39 is 0 Å². The quantitative estimate of drug-likeness (QED) is 0.549. The number of fused-ring (bicyclic) bond motifs is 1. The fourth-order valence-corrected chi connectivity index (χ4v) is 4.11. The predicted molar refractivity (Wildman–Crippen MR) is 130 cm³/mol. The van der Waals surface area contributed by atoms with Crippen LogP contribution in [0.2, 0.25) is 0 Å². The van der Waals surface area contributed by atoms with Gasteiger partial charge in [-0.25, -0.2) is 4.98 Å². The second-order valence-corrected chi connectivity index (χ2v) is 8.19. The summed E-state index contributed by atoms with van der Waals surface area (Å²) in [7, 11) is 3.29. The molecular weight excluding hydrogens is 434 g/mol.